The van der Waals surface area contributed by atoms with Crippen LogP contribution >= 0.6 is 0 Å². The van der Waals surface area contributed by atoms with Crippen molar-refractivity contribution in [2.24, 2.45) is 0 Å². The Kier molecular flexibility index (Phi) is 3.47. The summed E-state index contributed by atoms with van der Waals surface area (Å²) in [4.78, 5) is 12.3. The smallest absolute Gasteiger partial charge is 0.257 e. The molecule has 104 valence electrons. The number of aromatic nitrogens is 2. The second-order valence-electron chi connectivity index (χ2n) is 4.60. The van der Waals surface area contributed by atoms with E-state index in [1.807, 2.05) is 55.5 Å². The molecule has 5 nitrogen and oxygen atoms in total. The first-order valence-electron chi connectivity index (χ1n) is 6.50. The van der Waals surface area contributed by atoms with E-state index >= 15 is 0 Å². The highest BCUT2D eigenvalue weighted by Crippen LogP contribution is 2.24. The van der Waals surface area contributed by atoms with Gasteiger partial charge < -0.3 is 5.32 Å². The molecular formula is C16H13N3O2. The number of carbonyl (C=O) groups excluding carboxylic acids is 1. The molecule has 0 atom stereocenters. The summed E-state index contributed by atoms with van der Waals surface area (Å²) in [7, 11) is 0. The van der Waals surface area contributed by atoms with Crippen LogP contribution in [0, 0.1) is 6.92 Å². The van der Waals surface area contributed by atoms with Crippen molar-refractivity contribution in [3.63, 3.8) is 0 Å². The zero-order valence-corrected chi connectivity index (χ0v) is 11.4. The number of amides is 1. The van der Waals surface area contributed by atoms with Crippen LogP contribution in [-0.4, -0.2) is 16.2 Å². The van der Waals surface area contributed by atoms with Crippen LogP contribution in [0.25, 0.3) is 11.3 Å². The largest absolute Gasteiger partial charge is 0.302 e. The molecule has 1 amide bonds. The third-order valence-corrected chi connectivity index (χ3v) is 3.16. The van der Waals surface area contributed by atoms with E-state index < -0.39 is 0 Å². The molecule has 0 radical (unpaired) electrons. The van der Waals surface area contributed by atoms with Crippen LogP contribution in [0.4, 0.5) is 5.82 Å². The van der Waals surface area contributed by atoms with Crippen molar-refractivity contribution in [3.8, 4) is 11.3 Å². The van der Waals surface area contributed by atoms with Crippen molar-refractivity contribution in [2.45, 2.75) is 6.92 Å². The fourth-order valence-corrected chi connectivity index (χ4v) is 2.06. The summed E-state index contributed by atoms with van der Waals surface area (Å²) < 4.78 is 4.75. The van der Waals surface area contributed by atoms with Gasteiger partial charge >= 0.3 is 0 Å². The highest BCUT2D eigenvalue weighted by atomic mass is 16.6. The molecule has 0 spiro atoms. The number of hydrogen-bond donors (Lipinski definition) is 1. The van der Waals surface area contributed by atoms with Gasteiger partial charge in [0.05, 0.1) is 0 Å². The molecule has 5 heteroatoms. The molecular weight excluding hydrogens is 266 g/mol. The highest BCUT2D eigenvalue weighted by molar-refractivity contribution is 6.06. The van der Waals surface area contributed by atoms with E-state index in [-0.39, 0.29) is 5.91 Å². The van der Waals surface area contributed by atoms with Crippen LogP contribution in [-0.2, 0) is 0 Å². The SMILES string of the molecule is Cc1ccccc1C(=O)Nc1nonc1-c1ccccc1. The van der Waals surface area contributed by atoms with Gasteiger partial charge in [-0.2, -0.15) is 0 Å². The molecule has 1 aromatic heterocycles. The Hall–Kier alpha value is -2.95. The van der Waals surface area contributed by atoms with Crippen LogP contribution in [0.2, 0.25) is 0 Å². The molecule has 1 N–H and O–H groups in total. The second-order valence-corrected chi connectivity index (χ2v) is 4.60. The monoisotopic (exact) mass is 279 g/mol. The van der Waals surface area contributed by atoms with Crippen molar-refractivity contribution < 1.29 is 9.42 Å². The molecule has 1 heterocycles. The molecule has 3 rings (SSSR count). The Morgan fingerprint density at radius 3 is 2.48 bits per heavy atom. The molecule has 0 aliphatic heterocycles. The van der Waals surface area contributed by atoms with Gasteiger partial charge in [-0.25, -0.2) is 4.63 Å². The Balaban J connectivity index is 1.89. The summed E-state index contributed by atoms with van der Waals surface area (Å²) in [5.74, 6) is 0.0791. The molecule has 21 heavy (non-hydrogen) atoms. The van der Waals surface area contributed by atoms with Crippen molar-refractivity contribution in [3.05, 3.63) is 65.7 Å². The first-order chi connectivity index (χ1) is 10.3. The fraction of sp³-hybridized carbons (Fsp3) is 0.0625. The summed E-state index contributed by atoms with van der Waals surface area (Å²) >= 11 is 0. The maximum Gasteiger partial charge on any atom is 0.257 e. The normalized spacial score (nSPS) is 10.3. The molecule has 2 aromatic carbocycles. The van der Waals surface area contributed by atoms with E-state index in [1.165, 1.54) is 0 Å². The van der Waals surface area contributed by atoms with Gasteiger partial charge in [0.25, 0.3) is 5.91 Å². The van der Waals surface area contributed by atoms with Crippen molar-refractivity contribution in [1.82, 2.24) is 10.3 Å². The van der Waals surface area contributed by atoms with Crippen molar-refractivity contribution in [2.75, 3.05) is 5.32 Å². The lowest BCUT2D eigenvalue weighted by Gasteiger charge is -2.05. The fourth-order valence-electron chi connectivity index (χ4n) is 2.06. The molecule has 0 bridgehead atoms. The predicted octanol–water partition coefficient (Wildman–Crippen LogP) is 3.30. The van der Waals surface area contributed by atoms with Crippen LogP contribution < -0.4 is 5.32 Å². The summed E-state index contributed by atoms with van der Waals surface area (Å²) in [6.07, 6.45) is 0. The number of nitrogens with one attached hydrogen (secondary N) is 1. The minimum Gasteiger partial charge on any atom is -0.302 e. The van der Waals surface area contributed by atoms with Crippen molar-refractivity contribution in [1.29, 1.82) is 0 Å². The van der Waals surface area contributed by atoms with E-state index in [0.717, 1.165) is 11.1 Å². The highest BCUT2D eigenvalue weighted by Gasteiger charge is 2.16. The first kappa shape index (κ1) is 13.1. The topological polar surface area (TPSA) is 68.0 Å². The van der Waals surface area contributed by atoms with Gasteiger partial charge in [0.2, 0.25) is 5.82 Å². The third-order valence-electron chi connectivity index (χ3n) is 3.16. The van der Waals surface area contributed by atoms with E-state index in [4.69, 9.17) is 4.63 Å². The number of nitrogens with zero attached hydrogens (tertiary/aromatic N) is 2. The Morgan fingerprint density at radius 2 is 1.71 bits per heavy atom. The van der Waals surface area contributed by atoms with E-state index in [1.54, 1.807) is 6.07 Å². The molecule has 0 unspecified atom stereocenters. The van der Waals surface area contributed by atoms with Gasteiger partial charge in [-0.1, -0.05) is 48.5 Å². The van der Waals surface area contributed by atoms with E-state index in [2.05, 4.69) is 15.6 Å². The molecule has 3 aromatic rings. The first-order valence-corrected chi connectivity index (χ1v) is 6.50. The quantitative estimate of drug-likeness (QED) is 0.798. The predicted molar refractivity (Wildman–Crippen MR) is 78.9 cm³/mol. The summed E-state index contributed by atoms with van der Waals surface area (Å²) in [6, 6.07) is 16.8. The second kappa shape index (κ2) is 5.58. The number of rotatable bonds is 3. The van der Waals surface area contributed by atoms with Crippen LogP contribution in [0.3, 0.4) is 0 Å². The number of aryl methyl sites for hydroxylation is 1. The lowest BCUT2D eigenvalue weighted by Crippen LogP contribution is -2.14. The van der Waals surface area contributed by atoms with Gasteiger partial charge in [-0.15, -0.1) is 0 Å². The number of carbonyl (C=O) groups is 1. The maximum atomic E-state index is 12.3. The van der Waals surface area contributed by atoms with Gasteiger partial charge in [-0.3, -0.25) is 4.79 Å². The lowest BCUT2D eigenvalue weighted by molar-refractivity contribution is 0.102. The zero-order valence-electron chi connectivity index (χ0n) is 11.4. The molecule has 0 saturated carbocycles. The van der Waals surface area contributed by atoms with E-state index in [9.17, 15) is 4.79 Å². The number of hydrogen-bond acceptors (Lipinski definition) is 4. The Morgan fingerprint density at radius 1 is 1.00 bits per heavy atom. The van der Waals surface area contributed by atoms with Gasteiger partial charge in [-0.05, 0) is 28.9 Å². The third kappa shape index (κ3) is 2.67. The summed E-state index contributed by atoms with van der Waals surface area (Å²) in [5, 5.41) is 10.4. The number of anilines is 1. The minimum atomic E-state index is -0.235. The average Bonchev–Trinajstić information content (AvgIpc) is 2.96. The summed E-state index contributed by atoms with van der Waals surface area (Å²) in [5.41, 5.74) is 2.84. The van der Waals surface area contributed by atoms with Crippen molar-refractivity contribution >= 4 is 11.7 Å². The molecule has 0 aliphatic rings. The lowest BCUT2D eigenvalue weighted by atomic mass is 10.1. The Labute approximate surface area is 121 Å². The summed E-state index contributed by atoms with van der Waals surface area (Å²) in [6.45, 7) is 1.88. The van der Waals surface area contributed by atoms with Gasteiger partial charge in [0, 0.05) is 11.1 Å². The van der Waals surface area contributed by atoms with Crippen LogP contribution in [0.5, 0.6) is 0 Å². The molecule has 0 aliphatic carbocycles. The number of benzene rings is 2. The molecule has 0 saturated heterocycles. The van der Waals surface area contributed by atoms with Gasteiger partial charge in [0.15, 0.2) is 5.69 Å². The average molecular weight is 279 g/mol. The van der Waals surface area contributed by atoms with Crippen LogP contribution in [0.15, 0.2) is 59.2 Å². The standard InChI is InChI=1S/C16H13N3O2/c1-11-7-5-6-10-13(11)16(20)17-15-14(18-21-19-15)12-8-3-2-4-9-12/h2-10H,1H3,(H,17,19,20). The Bertz CT molecular complexity index is 766. The van der Waals surface area contributed by atoms with E-state index in [0.29, 0.717) is 17.1 Å². The van der Waals surface area contributed by atoms with Gasteiger partial charge in [0.1, 0.15) is 0 Å². The van der Waals surface area contributed by atoms with Crippen LogP contribution in [0.1, 0.15) is 15.9 Å². The maximum absolute atomic E-state index is 12.3. The zero-order chi connectivity index (χ0) is 14.7. The molecule has 0 fully saturated rings. The minimum absolute atomic E-state index is 0.235.